The van der Waals surface area contributed by atoms with Gasteiger partial charge in [0.1, 0.15) is 18.1 Å². The van der Waals surface area contributed by atoms with Crippen LogP contribution in [-0.2, 0) is 27.8 Å². The van der Waals surface area contributed by atoms with Gasteiger partial charge in [0.25, 0.3) is 0 Å². The molecule has 0 fully saturated rings. The highest BCUT2D eigenvalue weighted by Gasteiger charge is 2.20. The van der Waals surface area contributed by atoms with Crippen molar-refractivity contribution in [3.63, 3.8) is 0 Å². The molecule has 29 heavy (non-hydrogen) atoms. The molecule has 1 heterocycles. The average Bonchev–Trinajstić information content (AvgIpc) is 3.05. The minimum absolute atomic E-state index is 0.0531. The molecule has 0 aliphatic carbocycles. The molecule has 0 atom stereocenters. The largest absolute Gasteiger partial charge is 0.495 e. The Balaban J connectivity index is 1.91. The van der Waals surface area contributed by atoms with E-state index in [2.05, 4.69) is 10.3 Å². The summed E-state index contributed by atoms with van der Waals surface area (Å²) in [5.41, 5.74) is 1.99. The van der Waals surface area contributed by atoms with E-state index in [0.717, 1.165) is 21.2 Å². The number of benzene rings is 2. The molecule has 0 spiro atoms. The van der Waals surface area contributed by atoms with Crippen LogP contribution in [0.15, 0.2) is 47.4 Å². The Bertz CT molecular complexity index is 1150. The lowest BCUT2D eigenvalue weighted by molar-refractivity contribution is -0.116. The molecule has 9 heteroatoms. The van der Waals surface area contributed by atoms with Gasteiger partial charge in [-0.1, -0.05) is 19.1 Å². The normalized spacial score (nSPS) is 11.8. The number of hydrogen-bond donors (Lipinski definition) is 1. The van der Waals surface area contributed by atoms with Crippen LogP contribution in [-0.4, -0.2) is 49.4 Å². The third-order valence-electron chi connectivity index (χ3n) is 4.58. The number of carbonyl (C=O) groups is 1. The van der Waals surface area contributed by atoms with Crippen molar-refractivity contribution in [3.05, 3.63) is 48.3 Å². The first-order valence-electron chi connectivity index (χ1n) is 9.12. The van der Waals surface area contributed by atoms with E-state index in [-0.39, 0.29) is 17.3 Å². The molecule has 1 amide bonds. The number of rotatable bonds is 7. The molecule has 2 aromatic carbocycles. The molecule has 3 rings (SSSR count). The number of nitrogens with one attached hydrogen (secondary N) is 1. The van der Waals surface area contributed by atoms with Crippen molar-refractivity contribution in [1.82, 2.24) is 13.9 Å². The van der Waals surface area contributed by atoms with Crippen LogP contribution >= 0.6 is 0 Å². The quantitative estimate of drug-likeness (QED) is 0.639. The maximum atomic E-state index is 12.8. The molecule has 0 bridgehead atoms. The third-order valence-corrected chi connectivity index (χ3v) is 6.39. The Labute approximate surface area is 170 Å². The van der Waals surface area contributed by atoms with Crippen LogP contribution in [0.4, 0.5) is 5.69 Å². The Morgan fingerprint density at radius 1 is 1.21 bits per heavy atom. The first kappa shape index (κ1) is 20.8. The fourth-order valence-corrected chi connectivity index (χ4v) is 3.99. The number of amides is 1. The van der Waals surface area contributed by atoms with Gasteiger partial charge in [0, 0.05) is 20.5 Å². The first-order valence-corrected chi connectivity index (χ1v) is 10.6. The average molecular weight is 417 g/mol. The second-order valence-electron chi connectivity index (χ2n) is 6.65. The number of fused-ring (bicyclic) bond motifs is 1. The molecular formula is C20H24N4O4S. The lowest BCUT2D eigenvalue weighted by Crippen LogP contribution is -2.23. The van der Waals surface area contributed by atoms with Crippen molar-refractivity contribution >= 4 is 32.7 Å². The molecule has 0 saturated carbocycles. The van der Waals surface area contributed by atoms with E-state index in [9.17, 15) is 13.2 Å². The number of imidazole rings is 1. The molecule has 0 unspecified atom stereocenters. The summed E-state index contributed by atoms with van der Waals surface area (Å²) in [7, 11) is 0.729. The molecule has 0 radical (unpaired) electrons. The number of carbonyl (C=O) groups excluding carboxylic acids is 1. The van der Waals surface area contributed by atoms with Gasteiger partial charge < -0.3 is 14.6 Å². The highest BCUT2D eigenvalue weighted by atomic mass is 32.2. The van der Waals surface area contributed by atoms with Gasteiger partial charge in [0.05, 0.1) is 28.7 Å². The van der Waals surface area contributed by atoms with Crippen LogP contribution in [0.2, 0.25) is 0 Å². The number of sulfonamides is 1. The van der Waals surface area contributed by atoms with Gasteiger partial charge in [0.15, 0.2) is 0 Å². The van der Waals surface area contributed by atoms with Gasteiger partial charge >= 0.3 is 0 Å². The second kappa shape index (κ2) is 8.22. The van der Waals surface area contributed by atoms with Crippen LogP contribution in [0.1, 0.15) is 12.7 Å². The summed E-state index contributed by atoms with van der Waals surface area (Å²) in [6, 6.07) is 12.0. The zero-order valence-corrected chi connectivity index (χ0v) is 17.7. The van der Waals surface area contributed by atoms with Gasteiger partial charge in [0.2, 0.25) is 15.9 Å². The lowest BCUT2D eigenvalue weighted by Gasteiger charge is -2.15. The number of aromatic nitrogens is 2. The van der Waals surface area contributed by atoms with E-state index in [4.69, 9.17) is 4.74 Å². The SMILES string of the molecule is CCc1nc2ccccc2n1CC(=O)Nc1cc(S(=O)(=O)N(C)C)ccc1OC. The highest BCUT2D eigenvalue weighted by Crippen LogP contribution is 2.28. The zero-order valence-electron chi connectivity index (χ0n) is 16.8. The minimum atomic E-state index is -3.64. The van der Waals surface area contributed by atoms with Gasteiger partial charge in [-0.05, 0) is 30.3 Å². The van der Waals surface area contributed by atoms with E-state index in [1.165, 1.54) is 39.4 Å². The number of nitrogens with zero attached hydrogens (tertiary/aromatic N) is 3. The predicted molar refractivity (Wildman–Crippen MR) is 112 cm³/mol. The predicted octanol–water partition coefficient (Wildman–Crippen LogP) is 2.50. The molecule has 8 nitrogen and oxygen atoms in total. The molecule has 154 valence electrons. The summed E-state index contributed by atoms with van der Waals surface area (Å²) < 4.78 is 33.1. The van der Waals surface area contributed by atoms with Crippen LogP contribution in [0.3, 0.4) is 0 Å². The molecule has 3 aromatic rings. The van der Waals surface area contributed by atoms with Gasteiger partial charge in [-0.25, -0.2) is 17.7 Å². The monoisotopic (exact) mass is 416 g/mol. The summed E-state index contributed by atoms with van der Waals surface area (Å²) in [5.74, 6) is 0.875. The van der Waals surface area contributed by atoms with Crippen molar-refractivity contribution in [1.29, 1.82) is 0 Å². The topological polar surface area (TPSA) is 93.5 Å². The Morgan fingerprint density at radius 2 is 1.93 bits per heavy atom. The summed E-state index contributed by atoms with van der Waals surface area (Å²) in [5, 5.41) is 2.77. The molecule has 0 saturated heterocycles. The van der Waals surface area contributed by atoms with Crippen LogP contribution in [0.5, 0.6) is 5.75 Å². The van der Waals surface area contributed by atoms with E-state index >= 15 is 0 Å². The number of para-hydroxylation sites is 2. The van der Waals surface area contributed by atoms with Gasteiger partial charge in [-0.2, -0.15) is 0 Å². The third kappa shape index (κ3) is 4.10. The molecule has 1 aromatic heterocycles. The number of ether oxygens (including phenoxy) is 1. The zero-order chi connectivity index (χ0) is 21.2. The van der Waals surface area contributed by atoms with Crippen molar-refractivity contribution in [2.75, 3.05) is 26.5 Å². The van der Waals surface area contributed by atoms with E-state index in [0.29, 0.717) is 17.9 Å². The second-order valence-corrected chi connectivity index (χ2v) is 8.81. The highest BCUT2D eigenvalue weighted by molar-refractivity contribution is 7.89. The fourth-order valence-electron chi connectivity index (χ4n) is 3.06. The summed E-state index contributed by atoms with van der Waals surface area (Å²) in [4.78, 5) is 17.4. The van der Waals surface area contributed by atoms with E-state index in [1.54, 1.807) is 0 Å². The smallest absolute Gasteiger partial charge is 0.244 e. The van der Waals surface area contributed by atoms with Crippen molar-refractivity contribution in [2.24, 2.45) is 0 Å². The van der Waals surface area contributed by atoms with E-state index < -0.39 is 10.0 Å². The lowest BCUT2D eigenvalue weighted by atomic mass is 10.3. The minimum Gasteiger partial charge on any atom is -0.495 e. The van der Waals surface area contributed by atoms with Crippen molar-refractivity contribution in [2.45, 2.75) is 24.8 Å². The number of methoxy groups -OCH3 is 1. The van der Waals surface area contributed by atoms with E-state index in [1.807, 2.05) is 35.8 Å². The maximum absolute atomic E-state index is 12.8. The fraction of sp³-hybridized carbons (Fsp3) is 0.300. The Kier molecular flexibility index (Phi) is 5.90. The van der Waals surface area contributed by atoms with Crippen LogP contribution in [0.25, 0.3) is 11.0 Å². The summed E-state index contributed by atoms with van der Waals surface area (Å²) >= 11 is 0. The first-order chi connectivity index (χ1) is 13.8. The number of hydrogen-bond acceptors (Lipinski definition) is 5. The number of anilines is 1. The van der Waals surface area contributed by atoms with Crippen molar-refractivity contribution in [3.8, 4) is 5.75 Å². The maximum Gasteiger partial charge on any atom is 0.244 e. The summed E-state index contributed by atoms with van der Waals surface area (Å²) in [6.07, 6.45) is 0.682. The standard InChI is InChI=1S/C20H24N4O4S/c1-5-19-21-15-8-6-7-9-17(15)24(19)13-20(25)22-16-12-14(10-11-18(16)28-4)29(26,27)23(2)3/h6-12H,5,13H2,1-4H3,(H,22,25). The van der Waals surface area contributed by atoms with Gasteiger partial charge in [-0.15, -0.1) is 0 Å². The number of aryl methyl sites for hydroxylation is 1. The molecule has 1 N–H and O–H groups in total. The molecular weight excluding hydrogens is 392 g/mol. The summed E-state index contributed by atoms with van der Waals surface area (Å²) in [6.45, 7) is 2.03. The van der Waals surface area contributed by atoms with Crippen LogP contribution < -0.4 is 10.1 Å². The van der Waals surface area contributed by atoms with Gasteiger partial charge in [-0.3, -0.25) is 4.79 Å². The Hall–Kier alpha value is -2.91. The Morgan fingerprint density at radius 3 is 2.59 bits per heavy atom. The molecule has 0 aliphatic rings. The van der Waals surface area contributed by atoms with Crippen molar-refractivity contribution < 1.29 is 17.9 Å². The molecule has 0 aliphatic heterocycles. The van der Waals surface area contributed by atoms with Crippen LogP contribution in [0, 0.1) is 0 Å².